The lowest BCUT2D eigenvalue weighted by Gasteiger charge is -2.40. The van der Waals surface area contributed by atoms with Gasteiger partial charge < -0.3 is 5.32 Å². The third kappa shape index (κ3) is 6.10. The number of amides is 2. The number of carbonyl (C=O) groups excluding carboxylic acids is 1. The van der Waals surface area contributed by atoms with Crippen LogP contribution in [-0.4, -0.2) is 42.1 Å². The third-order valence-electron chi connectivity index (χ3n) is 7.54. The summed E-state index contributed by atoms with van der Waals surface area (Å²) < 4.78 is 42.6. The van der Waals surface area contributed by atoms with Gasteiger partial charge in [-0.3, -0.25) is 9.80 Å². The second kappa shape index (κ2) is 11.6. The van der Waals surface area contributed by atoms with Gasteiger partial charge in [-0.2, -0.15) is 13.2 Å². The minimum Gasteiger partial charge on any atom is -0.334 e. The van der Waals surface area contributed by atoms with E-state index in [1.165, 1.54) is 17.2 Å². The van der Waals surface area contributed by atoms with Gasteiger partial charge in [0.25, 0.3) is 0 Å². The number of pyridine rings is 1. The number of nitrogens with one attached hydrogen (secondary N) is 1. The molecule has 0 atom stereocenters. The van der Waals surface area contributed by atoms with E-state index < -0.39 is 23.2 Å². The van der Waals surface area contributed by atoms with E-state index in [1.54, 1.807) is 30.3 Å². The zero-order valence-electron chi connectivity index (χ0n) is 21.3. The molecule has 11 heteroatoms. The van der Waals surface area contributed by atoms with Crippen LogP contribution < -0.4 is 10.2 Å². The molecule has 1 fully saturated rings. The molecule has 5 rings (SSSR count). The number of alkyl halides is 3. The van der Waals surface area contributed by atoms with Crippen LogP contribution in [0.3, 0.4) is 0 Å². The number of benzene rings is 2. The van der Waals surface area contributed by atoms with Crippen molar-refractivity contribution in [1.82, 2.24) is 15.2 Å². The predicted molar refractivity (Wildman–Crippen MR) is 153 cm³/mol. The van der Waals surface area contributed by atoms with Crippen LogP contribution in [0.15, 0.2) is 60.8 Å². The van der Waals surface area contributed by atoms with Gasteiger partial charge in [0.05, 0.1) is 15.6 Å². The molecule has 0 bridgehead atoms. The Hall–Kier alpha value is -2.78. The van der Waals surface area contributed by atoms with E-state index in [2.05, 4.69) is 15.2 Å². The number of halogens is 6. The first-order chi connectivity index (χ1) is 19.1. The van der Waals surface area contributed by atoms with Crippen molar-refractivity contribution in [3.8, 4) is 0 Å². The quantitative estimate of drug-likeness (QED) is 0.300. The fourth-order valence-electron chi connectivity index (χ4n) is 5.56. The van der Waals surface area contributed by atoms with Crippen molar-refractivity contribution in [2.45, 2.75) is 31.0 Å². The molecule has 1 saturated heterocycles. The number of fused-ring (bicyclic) bond motifs is 2. The van der Waals surface area contributed by atoms with E-state index in [0.717, 1.165) is 17.2 Å². The lowest BCUT2D eigenvalue weighted by Crippen LogP contribution is -2.48. The van der Waals surface area contributed by atoms with Crippen molar-refractivity contribution in [3.63, 3.8) is 0 Å². The molecule has 3 aromatic rings. The van der Waals surface area contributed by atoms with Crippen molar-refractivity contribution in [3.05, 3.63) is 98.3 Å². The molecule has 5 nitrogen and oxygen atoms in total. The van der Waals surface area contributed by atoms with Crippen LogP contribution in [0, 0.1) is 0 Å². The first kappa shape index (κ1) is 28.7. The number of hydrogen-bond donors (Lipinski definition) is 1. The summed E-state index contributed by atoms with van der Waals surface area (Å²) in [5.74, 6) is 0. The van der Waals surface area contributed by atoms with E-state index in [4.69, 9.17) is 34.8 Å². The number of urea groups is 1. The van der Waals surface area contributed by atoms with Gasteiger partial charge in [0, 0.05) is 36.9 Å². The van der Waals surface area contributed by atoms with Gasteiger partial charge in [-0.1, -0.05) is 59.1 Å². The average molecular weight is 610 g/mol. The van der Waals surface area contributed by atoms with Gasteiger partial charge in [0.1, 0.15) is 5.15 Å². The maximum absolute atomic E-state index is 14.2. The molecule has 0 aliphatic carbocycles. The molecular weight excluding hydrogens is 584 g/mol. The Balaban J connectivity index is 1.32. The zero-order chi connectivity index (χ0) is 28.5. The lowest BCUT2D eigenvalue weighted by molar-refractivity contribution is -0.138. The topological polar surface area (TPSA) is 48.5 Å². The fourth-order valence-corrected chi connectivity index (χ4v) is 6.06. The van der Waals surface area contributed by atoms with Crippen LogP contribution >= 0.6 is 34.8 Å². The van der Waals surface area contributed by atoms with Crippen LogP contribution in [0.25, 0.3) is 6.08 Å². The Bertz CT molecular complexity index is 1440. The Morgan fingerprint density at radius 2 is 1.82 bits per heavy atom. The van der Waals surface area contributed by atoms with Crippen LogP contribution in [0.4, 0.5) is 23.7 Å². The molecule has 2 aliphatic rings. The summed E-state index contributed by atoms with van der Waals surface area (Å²) in [5, 5.41) is 4.09. The number of piperidine rings is 1. The molecule has 2 aromatic carbocycles. The molecule has 3 heterocycles. The van der Waals surface area contributed by atoms with Crippen molar-refractivity contribution < 1.29 is 18.0 Å². The number of aromatic nitrogens is 1. The minimum absolute atomic E-state index is 0.178. The van der Waals surface area contributed by atoms with Crippen LogP contribution in [-0.2, 0) is 18.1 Å². The molecular formula is C29H26Cl3F3N4O. The number of carbonyl (C=O) groups is 1. The Morgan fingerprint density at radius 1 is 1.05 bits per heavy atom. The number of hydrogen-bond acceptors (Lipinski definition) is 3. The van der Waals surface area contributed by atoms with Crippen LogP contribution in [0.1, 0.15) is 35.1 Å². The average Bonchev–Trinajstić information content (AvgIpc) is 3.24. The van der Waals surface area contributed by atoms with Crippen molar-refractivity contribution in [2.75, 3.05) is 31.1 Å². The van der Waals surface area contributed by atoms with E-state index >= 15 is 0 Å². The fraction of sp³-hybridized carbons (Fsp3) is 0.310. The van der Waals surface area contributed by atoms with Crippen molar-refractivity contribution in [1.29, 1.82) is 0 Å². The smallest absolute Gasteiger partial charge is 0.334 e. The molecule has 2 aliphatic heterocycles. The molecule has 1 aromatic heterocycles. The molecule has 40 heavy (non-hydrogen) atoms. The number of anilines is 1. The Kier molecular flexibility index (Phi) is 8.34. The monoisotopic (exact) mass is 608 g/mol. The standard InChI is InChI=1S/C29H26Cl3F3N4O/c30-22-7-6-19(15-23(22)31)3-2-12-38-13-9-28(10-14-38)18-39(24-5-1-4-21(26(24)28)29(33,34)35)27(40)37-17-20-8-11-36-25(32)16-20/h1-8,11,15-16H,9-10,12-14,17-18H2,(H,37,40)/b3-2+. The molecule has 0 unspecified atom stereocenters. The van der Waals surface area contributed by atoms with Gasteiger partial charge in [-0.25, -0.2) is 9.78 Å². The predicted octanol–water partition coefficient (Wildman–Crippen LogP) is 7.84. The highest BCUT2D eigenvalue weighted by molar-refractivity contribution is 6.42. The summed E-state index contributed by atoms with van der Waals surface area (Å²) in [7, 11) is 0. The Labute approximate surface area is 245 Å². The largest absolute Gasteiger partial charge is 0.416 e. The van der Waals surface area contributed by atoms with Crippen LogP contribution in [0.5, 0.6) is 0 Å². The second-order valence-electron chi connectivity index (χ2n) is 10.1. The van der Waals surface area contributed by atoms with E-state index in [9.17, 15) is 18.0 Å². The van der Waals surface area contributed by atoms with Gasteiger partial charge in [-0.15, -0.1) is 0 Å². The molecule has 1 spiro atoms. The number of likely N-dealkylation sites (tertiary alicyclic amines) is 1. The SMILES string of the molecule is O=C(NCc1ccnc(Cl)c1)N1CC2(CCN(C/C=C/c3ccc(Cl)c(Cl)c3)CC2)c2c1cccc2C(F)(F)F. The van der Waals surface area contributed by atoms with E-state index in [1.807, 2.05) is 18.2 Å². The highest BCUT2D eigenvalue weighted by atomic mass is 35.5. The van der Waals surface area contributed by atoms with Crippen molar-refractivity contribution in [2.24, 2.45) is 0 Å². The van der Waals surface area contributed by atoms with Crippen LogP contribution in [0.2, 0.25) is 15.2 Å². The lowest BCUT2D eigenvalue weighted by atomic mass is 9.72. The third-order valence-corrected chi connectivity index (χ3v) is 8.49. The number of nitrogens with zero attached hydrogens (tertiary/aromatic N) is 3. The van der Waals surface area contributed by atoms with Gasteiger partial charge >= 0.3 is 12.2 Å². The van der Waals surface area contributed by atoms with Gasteiger partial charge in [0.2, 0.25) is 0 Å². The summed E-state index contributed by atoms with van der Waals surface area (Å²) in [6.45, 7) is 2.20. The van der Waals surface area contributed by atoms with E-state index in [-0.39, 0.29) is 18.7 Å². The molecule has 2 amide bonds. The number of rotatable bonds is 5. The van der Waals surface area contributed by atoms with Gasteiger partial charge in [-0.05, 0) is 79.0 Å². The minimum atomic E-state index is -4.53. The highest BCUT2D eigenvalue weighted by Crippen LogP contribution is 2.51. The first-order valence-electron chi connectivity index (χ1n) is 12.8. The first-order valence-corrected chi connectivity index (χ1v) is 13.9. The molecule has 210 valence electrons. The summed E-state index contributed by atoms with van der Waals surface area (Å²) in [6.07, 6.45) is 1.95. The maximum Gasteiger partial charge on any atom is 0.416 e. The summed E-state index contributed by atoms with van der Waals surface area (Å²) >= 11 is 18.0. The molecule has 0 saturated carbocycles. The molecule has 1 N–H and O–H groups in total. The summed E-state index contributed by atoms with van der Waals surface area (Å²) in [5.41, 5.74) is 0.729. The summed E-state index contributed by atoms with van der Waals surface area (Å²) in [6, 6.07) is 12.4. The van der Waals surface area contributed by atoms with Crippen molar-refractivity contribution >= 4 is 52.6 Å². The highest BCUT2D eigenvalue weighted by Gasteiger charge is 2.51. The van der Waals surface area contributed by atoms with Gasteiger partial charge in [0.15, 0.2) is 0 Å². The Morgan fingerprint density at radius 3 is 2.52 bits per heavy atom. The van der Waals surface area contributed by atoms with E-state index in [0.29, 0.717) is 53.4 Å². The molecule has 0 radical (unpaired) electrons. The second-order valence-corrected chi connectivity index (χ2v) is 11.3. The normalized spacial score (nSPS) is 17.0. The summed E-state index contributed by atoms with van der Waals surface area (Å²) in [4.78, 5) is 20.9. The maximum atomic E-state index is 14.2. The zero-order valence-corrected chi connectivity index (χ0v) is 23.6.